The van der Waals surface area contributed by atoms with E-state index in [0.717, 1.165) is 24.4 Å². The van der Waals surface area contributed by atoms with E-state index in [1.54, 1.807) is 6.20 Å². The fraction of sp³-hybridized carbons (Fsp3) is 0.462. The van der Waals surface area contributed by atoms with Crippen molar-refractivity contribution in [2.75, 3.05) is 13.2 Å². The third-order valence-corrected chi connectivity index (χ3v) is 3.31. The third kappa shape index (κ3) is 2.13. The molecule has 1 fully saturated rings. The van der Waals surface area contributed by atoms with Crippen molar-refractivity contribution in [3.8, 4) is 0 Å². The molecule has 2 atom stereocenters. The summed E-state index contributed by atoms with van der Waals surface area (Å²) in [5.41, 5.74) is 1.08. The van der Waals surface area contributed by atoms with Gasteiger partial charge in [0.2, 0.25) is 5.89 Å². The molecular formula is C13H15N3O2. The molecule has 0 N–H and O–H groups in total. The minimum atomic E-state index is 0.0715. The Morgan fingerprint density at radius 2 is 2.39 bits per heavy atom. The second-order valence-corrected chi connectivity index (χ2v) is 4.56. The summed E-state index contributed by atoms with van der Waals surface area (Å²) in [5.74, 6) is 1.76. The van der Waals surface area contributed by atoms with Gasteiger partial charge in [-0.1, -0.05) is 11.2 Å². The van der Waals surface area contributed by atoms with Crippen LogP contribution in [0.4, 0.5) is 0 Å². The second-order valence-electron chi connectivity index (χ2n) is 4.56. The third-order valence-electron chi connectivity index (χ3n) is 3.31. The number of ether oxygens (including phenoxy) is 1. The molecule has 2 aromatic heterocycles. The minimum Gasteiger partial charge on any atom is -0.381 e. The molecule has 2 aromatic rings. The van der Waals surface area contributed by atoms with E-state index in [4.69, 9.17) is 9.26 Å². The predicted octanol–water partition coefficient (Wildman–Crippen LogP) is 2.12. The molecule has 3 rings (SSSR count). The lowest BCUT2D eigenvalue weighted by Crippen LogP contribution is -2.01. The first-order valence-electron chi connectivity index (χ1n) is 6.16. The Morgan fingerprint density at radius 1 is 1.44 bits per heavy atom. The summed E-state index contributed by atoms with van der Waals surface area (Å²) in [5, 5.41) is 4.06. The monoisotopic (exact) mass is 245 g/mol. The van der Waals surface area contributed by atoms with E-state index in [9.17, 15) is 0 Å². The smallest absolute Gasteiger partial charge is 0.233 e. The maximum absolute atomic E-state index is 5.35. The van der Waals surface area contributed by atoms with Crippen LogP contribution in [0.5, 0.6) is 0 Å². The van der Waals surface area contributed by atoms with Crippen molar-refractivity contribution in [1.29, 1.82) is 0 Å². The van der Waals surface area contributed by atoms with Gasteiger partial charge in [0.25, 0.3) is 0 Å². The highest BCUT2D eigenvalue weighted by molar-refractivity contribution is 5.20. The lowest BCUT2D eigenvalue weighted by molar-refractivity contribution is 0.192. The molecule has 0 amide bonds. The Bertz CT molecular complexity index is 506. The average Bonchev–Trinajstić information content (AvgIpc) is 3.09. The summed E-state index contributed by atoms with van der Waals surface area (Å²) >= 11 is 0. The van der Waals surface area contributed by atoms with Crippen LogP contribution in [0.25, 0.3) is 0 Å². The van der Waals surface area contributed by atoms with E-state index in [1.165, 1.54) is 0 Å². The molecule has 0 radical (unpaired) electrons. The number of aromatic nitrogens is 3. The molecule has 0 aliphatic carbocycles. The van der Waals surface area contributed by atoms with Crippen LogP contribution in [0.2, 0.25) is 0 Å². The largest absolute Gasteiger partial charge is 0.381 e. The first-order valence-corrected chi connectivity index (χ1v) is 6.16. The highest BCUT2D eigenvalue weighted by atomic mass is 16.5. The number of hydrogen-bond acceptors (Lipinski definition) is 5. The Hall–Kier alpha value is -1.75. The quantitative estimate of drug-likeness (QED) is 0.828. The zero-order valence-electron chi connectivity index (χ0n) is 10.2. The number of pyridine rings is 1. The highest BCUT2D eigenvalue weighted by Crippen LogP contribution is 2.26. The molecule has 1 aliphatic rings. The summed E-state index contributed by atoms with van der Waals surface area (Å²) in [6, 6.07) is 3.92. The number of hydrogen-bond donors (Lipinski definition) is 0. The van der Waals surface area contributed by atoms with E-state index >= 15 is 0 Å². The lowest BCUT2D eigenvalue weighted by atomic mass is 10.0. The lowest BCUT2D eigenvalue weighted by Gasteiger charge is -2.05. The van der Waals surface area contributed by atoms with Crippen LogP contribution < -0.4 is 0 Å². The Labute approximate surface area is 105 Å². The summed E-state index contributed by atoms with van der Waals surface area (Å²) in [6.07, 6.45) is 4.55. The van der Waals surface area contributed by atoms with Crippen molar-refractivity contribution in [3.05, 3.63) is 41.8 Å². The first-order chi connectivity index (χ1) is 8.84. The van der Waals surface area contributed by atoms with E-state index in [2.05, 4.69) is 15.1 Å². The topological polar surface area (TPSA) is 61.0 Å². The zero-order chi connectivity index (χ0) is 12.4. The van der Waals surface area contributed by atoms with Crippen molar-refractivity contribution >= 4 is 0 Å². The molecule has 0 bridgehead atoms. The van der Waals surface area contributed by atoms with Crippen LogP contribution in [0.1, 0.15) is 42.5 Å². The summed E-state index contributed by atoms with van der Waals surface area (Å²) in [6.45, 7) is 3.52. The molecule has 0 saturated carbocycles. The normalized spacial score (nSPS) is 21.1. The number of rotatable bonds is 3. The van der Waals surface area contributed by atoms with Crippen molar-refractivity contribution in [2.24, 2.45) is 0 Å². The molecule has 5 heteroatoms. The van der Waals surface area contributed by atoms with Crippen LogP contribution in [0, 0.1) is 0 Å². The minimum absolute atomic E-state index is 0.0715. The summed E-state index contributed by atoms with van der Waals surface area (Å²) in [7, 11) is 0. The standard InChI is InChI=1S/C13H15N3O2/c1-9(10-3-2-5-14-7-10)13-15-12(16-18-13)11-4-6-17-8-11/h2-3,5,7,9,11H,4,6,8H2,1H3/t9-,11-/m0/s1. The highest BCUT2D eigenvalue weighted by Gasteiger charge is 2.24. The van der Waals surface area contributed by atoms with Crippen LogP contribution in [-0.4, -0.2) is 28.3 Å². The fourth-order valence-corrected chi connectivity index (χ4v) is 2.10. The van der Waals surface area contributed by atoms with Crippen molar-refractivity contribution in [2.45, 2.75) is 25.2 Å². The molecule has 18 heavy (non-hydrogen) atoms. The van der Waals surface area contributed by atoms with Gasteiger partial charge >= 0.3 is 0 Å². The van der Waals surface area contributed by atoms with Gasteiger partial charge in [-0.15, -0.1) is 0 Å². The molecule has 3 heterocycles. The fourth-order valence-electron chi connectivity index (χ4n) is 2.10. The van der Waals surface area contributed by atoms with Crippen molar-refractivity contribution in [3.63, 3.8) is 0 Å². The van der Waals surface area contributed by atoms with Gasteiger partial charge in [-0.3, -0.25) is 4.98 Å². The van der Waals surface area contributed by atoms with E-state index in [-0.39, 0.29) is 11.8 Å². The van der Waals surface area contributed by atoms with Gasteiger partial charge < -0.3 is 9.26 Å². The molecule has 94 valence electrons. The molecular weight excluding hydrogens is 230 g/mol. The Kier molecular flexibility index (Phi) is 3.06. The maximum atomic E-state index is 5.35. The van der Waals surface area contributed by atoms with Crippen LogP contribution in [0.15, 0.2) is 29.0 Å². The van der Waals surface area contributed by atoms with Crippen LogP contribution >= 0.6 is 0 Å². The summed E-state index contributed by atoms with van der Waals surface area (Å²) < 4.78 is 10.7. The van der Waals surface area contributed by atoms with Crippen molar-refractivity contribution < 1.29 is 9.26 Å². The summed E-state index contributed by atoms with van der Waals surface area (Å²) in [4.78, 5) is 8.59. The molecule has 0 spiro atoms. The van der Waals surface area contributed by atoms with Gasteiger partial charge in [-0.25, -0.2) is 0 Å². The van der Waals surface area contributed by atoms with E-state index < -0.39 is 0 Å². The molecule has 0 unspecified atom stereocenters. The molecule has 0 aromatic carbocycles. The number of nitrogens with zero attached hydrogens (tertiary/aromatic N) is 3. The molecule has 1 aliphatic heterocycles. The van der Waals surface area contributed by atoms with Gasteiger partial charge in [-0.05, 0) is 25.0 Å². The average molecular weight is 245 g/mol. The molecule has 5 nitrogen and oxygen atoms in total. The van der Waals surface area contributed by atoms with Crippen LogP contribution in [0.3, 0.4) is 0 Å². The maximum Gasteiger partial charge on any atom is 0.233 e. The second kappa shape index (κ2) is 4.86. The van der Waals surface area contributed by atoms with Crippen molar-refractivity contribution in [1.82, 2.24) is 15.1 Å². The SMILES string of the molecule is C[C@@H](c1cccnc1)c1nc([C@H]2CCOC2)no1. The van der Waals surface area contributed by atoms with Gasteiger partial charge in [0.05, 0.1) is 12.5 Å². The Balaban J connectivity index is 1.80. The predicted molar refractivity (Wildman–Crippen MR) is 64.2 cm³/mol. The Morgan fingerprint density at radius 3 is 3.11 bits per heavy atom. The van der Waals surface area contributed by atoms with Crippen LogP contribution in [-0.2, 0) is 4.74 Å². The van der Waals surface area contributed by atoms with Gasteiger partial charge in [0.15, 0.2) is 5.82 Å². The molecule has 1 saturated heterocycles. The van der Waals surface area contributed by atoms with Gasteiger partial charge in [0, 0.05) is 24.9 Å². The zero-order valence-corrected chi connectivity index (χ0v) is 10.2. The first kappa shape index (κ1) is 11.3. The van der Waals surface area contributed by atoms with E-state index in [0.29, 0.717) is 12.5 Å². The van der Waals surface area contributed by atoms with E-state index in [1.807, 2.05) is 25.3 Å². The van der Waals surface area contributed by atoms with Gasteiger partial charge in [-0.2, -0.15) is 4.98 Å². The van der Waals surface area contributed by atoms with Gasteiger partial charge in [0.1, 0.15) is 0 Å².